The highest BCUT2D eigenvalue weighted by molar-refractivity contribution is 6.16. The summed E-state index contributed by atoms with van der Waals surface area (Å²) in [7, 11) is 0. The maximum absolute atomic E-state index is 2.41. The average molecular weight is 791 g/mol. The molecule has 292 valence electrons. The summed E-state index contributed by atoms with van der Waals surface area (Å²) in [6.07, 6.45) is 0. The third-order valence-electron chi connectivity index (χ3n) is 12.0. The molecule has 0 saturated carbocycles. The van der Waals surface area contributed by atoms with Crippen molar-refractivity contribution in [2.75, 3.05) is 4.90 Å². The molecule has 0 bridgehead atoms. The van der Waals surface area contributed by atoms with E-state index in [-0.39, 0.29) is 0 Å². The molecular formula is C60H42N2. The van der Waals surface area contributed by atoms with Gasteiger partial charge in [-0.3, -0.25) is 0 Å². The second-order valence-corrected chi connectivity index (χ2v) is 15.8. The highest BCUT2D eigenvalue weighted by Crippen LogP contribution is 2.43. The molecule has 0 saturated heterocycles. The third kappa shape index (κ3) is 6.94. The van der Waals surface area contributed by atoms with Crippen molar-refractivity contribution in [3.63, 3.8) is 0 Å². The van der Waals surface area contributed by atoms with Crippen LogP contribution < -0.4 is 4.90 Å². The largest absolute Gasteiger partial charge is 0.310 e. The van der Waals surface area contributed by atoms with E-state index in [2.05, 4.69) is 264 Å². The lowest BCUT2D eigenvalue weighted by Gasteiger charge is -2.26. The molecular weight excluding hydrogens is 749 g/mol. The van der Waals surface area contributed by atoms with Gasteiger partial charge in [-0.1, -0.05) is 188 Å². The van der Waals surface area contributed by atoms with Gasteiger partial charge in [-0.15, -0.1) is 0 Å². The minimum atomic E-state index is 1.09. The van der Waals surface area contributed by atoms with Crippen LogP contribution in [-0.2, 0) is 0 Å². The number of anilines is 3. The van der Waals surface area contributed by atoms with E-state index in [1.165, 1.54) is 71.9 Å². The Morgan fingerprint density at radius 1 is 0.258 bits per heavy atom. The van der Waals surface area contributed by atoms with Gasteiger partial charge in [0, 0.05) is 33.5 Å². The molecule has 0 aliphatic carbocycles. The van der Waals surface area contributed by atoms with E-state index in [4.69, 9.17) is 0 Å². The van der Waals surface area contributed by atoms with Crippen LogP contribution in [0.4, 0.5) is 17.1 Å². The lowest BCUT2D eigenvalue weighted by Crippen LogP contribution is -2.10. The Bertz CT molecular complexity index is 3280. The summed E-state index contributed by atoms with van der Waals surface area (Å²) in [6, 6.07) is 92.0. The Balaban J connectivity index is 1.04. The summed E-state index contributed by atoms with van der Waals surface area (Å²) in [6.45, 7) is 0. The molecule has 0 aliphatic rings. The fraction of sp³-hybridized carbons (Fsp3) is 0. The summed E-state index contributed by atoms with van der Waals surface area (Å²) in [5, 5.41) is 2.47. The van der Waals surface area contributed by atoms with Gasteiger partial charge in [-0.2, -0.15) is 0 Å². The fourth-order valence-corrected chi connectivity index (χ4v) is 8.96. The number of hydrogen-bond acceptors (Lipinski definition) is 1. The van der Waals surface area contributed by atoms with Gasteiger partial charge >= 0.3 is 0 Å². The van der Waals surface area contributed by atoms with E-state index in [1.54, 1.807) is 0 Å². The molecule has 0 radical (unpaired) electrons. The fourth-order valence-electron chi connectivity index (χ4n) is 8.96. The van der Waals surface area contributed by atoms with Crippen molar-refractivity contribution in [2.45, 2.75) is 0 Å². The topological polar surface area (TPSA) is 8.17 Å². The van der Waals surface area contributed by atoms with Crippen molar-refractivity contribution in [2.24, 2.45) is 0 Å². The summed E-state index contributed by atoms with van der Waals surface area (Å²) in [5.41, 5.74) is 18.7. The summed E-state index contributed by atoms with van der Waals surface area (Å²) < 4.78 is 2.41. The molecule has 2 heteroatoms. The van der Waals surface area contributed by atoms with Crippen LogP contribution in [0.15, 0.2) is 255 Å². The Morgan fingerprint density at radius 2 is 0.677 bits per heavy atom. The zero-order valence-electron chi connectivity index (χ0n) is 34.1. The molecule has 11 aromatic rings. The molecule has 62 heavy (non-hydrogen) atoms. The smallest absolute Gasteiger partial charge is 0.0547 e. The van der Waals surface area contributed by atoms with Crippen LogP contribution in [0.2, 0.25) is 0 Å². The molecule has 0 aliphatic heterocycles. The summed E-state index contributed by atoms with van der Waals surface area (Å²) >= 11 is 0. The first kappa shape index (κ1) is 36.8. The zero-order chi connectivity index (χ0) is 41.2. The number of aromatic nitrogens is 1. The molecule has 1 aromatic heterocycles. The van der Waals surface area contributed by atoms with E-state index in [9.17, 15) is 0 Å². The van der Waals surface area contributed by atoms with E-state index in [0.29, 0.717) is 0 Å². The van der Waals surface area contributed by atoms with Gasteiger partial charge in [0.1, 0.15) is 0 Å². The zero-order valence-corrected chi connectivity index (χ0v) is 34.1. The minimum absolute atomic E-state index is 1.09. The first-order valence-electron chi connectivity index (χ1n) is 21.3. The number of benzene rings is 10. The molecule has 2 nitrogen and oxygen atoms in total. The molecule has 10 aromatic carbocycles. The van der Waals surface area contributed by atoms with Crippen molar-refractivity contribution in [3.8, 4) is 61.3 Å². The first-order valence-corrected chi connectivity index (χ1v) is 21.3. The molecule has 0 unspecified atom stereocenters. The van der Waals surface area contributed by atoms with Gasteiger partial charge in [0.05, 0.1) is 11.0 Å². The molecule has 0 spiro atoms. The average Bonchev–Trinajstić information content (AvgIpc) is 3.70. The van der Waals surface area contributed by atoms with Crippen LogP contribution in [0.1, 0.15) is 0 Å². The third-order valence-corrected chi connectivity index (χ3v) is 12.0. The monoisotopic (exact) mass is 790 g/mol. The molecule has 11 rings (SSSR count). The first-order chi connectivity index (χ1) is 30.7. The second kappa shape index (κ2) is 16.1. The highest BCUT2D eigenvalue weighted by atomic mass is 15.1. The van der Waals surface area contributed by atoms with Gasteiger partial charge in [0.2, 0.25) is 0 Å². The predicted molar refractivity (Wildman–Crippen MR) is 263 cm³/mol. The predicted octanol–water partition coefficient (Wildman–Crippen LogP) is 16.6. The van der Waals surface area contributed by atoms with Crippen LogP contribution in [0, 0.1) is 0 Å². The minimum Gasteiger partial charge on any atom is -0.310 e. The maximum atomic E-state index is 2.41. The maximum Gasteiger partial charge on any atom is 0.0547 e. The number of hydrogen-bond donors (Lipinski definition) is 0. The van der Waals surface area contributed by atoms with Crippen LogP contribution >= 0.6 is 0 Å². The summed E-state index contributed by atoms with van der Waals surface area (Å²) in [5.74, 6) is 0. The molecule has 0 amide bonds. The van der Waals surface area contributed by atoms with Crippen LogP contribution in [0.5, 0.6) is 0 Å². The Hall–Kier alpha value is -8.20. The van der Waals surface area contributed by atoms with E-state index in [0.717, 1.165) is 28.3 Å². The van der Waals surface area contributed by atoms with Crippen molar-refractivity contribution in [3.05, 3.63) is 255 Å². The van der Waals surface area contributed by atoms with Crippen molar-refractivity contribution < 1.29 is 0 Å². The van der Waals surface area contributed by atoms with Crippen molar-refractivity contribution in [1.82, 2.24) is 4.57 Å². The lowest BCUT2D eigenvalue weighted by molar-refractivity contribution is 1.18. The van der Waals surface area contributed by atoms with Crippen molar-refractivity contribution in [1.29, 1.82) is 0 Å². The van der Waals surface area contributed by atoms with E-state index >= 15 is 0 Å². The van der Waals surface area contributed by atoms with Crippen LogP contribution in [-0.4, -0.2) is 4.57 Å². The quantitative estimate of drug-likeness (QED) is 0.141. The number of rotatable bonds is 9. The number of para-hydroxylation sites is 1. The normalized spacial score (nSPS) is 11.2. The summed E-state index contributed by atoms with van der Waals surface area (Å²) in [4.78, 5) is 2.38. The molecule has 0 N–H and O–H groups in total. The van der Waals surface area contributed by atoms with Gasteiger partial charge in [0.15, 0.2) is 0 Å². The second-order valence-electron chi connectivity index (χ2n) is 15.8. The number of nitrogens with zero attached hydrogens (tertiary/aromatic N) is 2. The van der Waals surface area contributed by atoms with Gasteiger partial charge in [-0.25, -0.2) is 0 Å². The molecule has 0 fully saturated rings. The van der Waals surface area contributed by atoms with Crippen LogP contribution in [0.3, 0.4) is 0 Å². The SMILES string of the molecule is c1ccc(-c2ccc(-c3ccc(N(c4ccc(-c5ccccc5)cc4)c4cccc(-c5cccc6c5c5cc(-c7ccccc7)ccc5n6-c5ccccc5)c4)cc3)cc2)cc1. The molecule has 1 heterocycles. The standard InChI is InChI=1S/C60H42N2/c1-5-15-43(16-6-1)46-27-29-47(30-28-46)49-33-38-54(39-34-49)61(53-36-31-48(32-37-53)44-17-7-2-8-18-44)55-24-13-21-51(41-55)56-25-14-26-59-60(56)57-42-50(45-19-9-3-10-20-45)35-40-58(57)62(59)52-22-11-4-12-23-52/h1-42H. The van der Waals surface area contributed by atoms with E-state index in [1.807, 2.05) is 0 Å². The Labute approximate surface area is 362 Å². The number of fused-ring (bicyclic) bond motifs is 3. The van der Waals surface area contributed by atoms with Gasteiger partial charge in [-0.05, 0) is 122 Å². The van der Waals surface area contributed by atoms with Crippen LogP contribution in [0.25, 0.3) is 83.1 Å². The van der Waals surface area contributed by atoms with Crippen molar-refractivity contribution >= 4 is 38.9 Å². The Kier molecular flexibility index (Phi) is 9.57. The molecule has 0 atom stereocenters. The van der Waals surface area contributed by atoms with Gasteiger partial charge in [0.25, 0.3) is 0 Å². The lowest BCUT2D eigenvalue weighted by atomic mass is 9.97. The van der Waals surface area contributed by atoms with Gasteiger partial charge < -0.3 is 9.47 Å². The van der Waals surface area contributed by atoms with E-state index < -0.39 is 0 Å². The highest BCUT2D eigenvalue weighted by Gasteiger charge is 2.19. The Morgan fingerprint density at radius 3 is 1.21 bits per heavy atom.